The van der Waals surface area contributed by atoms with Gasteiger partial charge < -0.3 is 49.8 Å². The highest BCUT2D eigenvalue weighted by Gasteiger charge is 2.50. The monoisotopic (exact) mass is 960 g/mol. The summed E-state index contributed by atoms with van der Waals surface area (Å²) in [4.78, 5) is 43.4. The Morgan fingerprint density at radius 2 is 1.57 bits per heavy atom. The Bertz CT molecular complexity index is 2510. The summed E-state index contributed by atoms with van der Waals surface area (Å²) in [5, 5.41) is 68.8. The standard InChI is InChI=1S/C51H65ClN4O12/c1-25-13-12-14-26(2)50(64)54-41-36(21-53-56-27(3)22-55(23-28(56)4)24-34-15-17-35(52)18-16-34)45(61)38-39(46(41)62)44(60)32(8)48-40(38)49(63)51(10,68-48)66-20-19-37(65-11)29(5)47(67-33(9)57)31(7)43(59)30(6)42(25)58/h12-21,25,27-31,37,42-43,47,58-62H,22-24H2,1-11H3,(H,54,64)/b13-12+,20-19+,26-14+,53-21?. The molecule has 11 unspecified atom stereocenters. The van der Waals surface area contributed by atoms with E-state index in [2.05, 4.69) is 10.2 Å². The van der Waals surface area contributed by atoms with Crippen molar-refractivity contribution in [2.24, 2.45) is 28.8 Å². The van der Waals surface area contributed by atoms with Crippen molar-refractivity contribution in [3.05, 3.63) is 87.7 Å². The molecule has 68 heavy (non-hydrogen) atoms. The maximum absolute atomic E-state index is 14.7. The quantitative estimate of drug-likeness (QED) is 0.0617. The third kappa shape index (κ3) is 10.3. The normalized spacial score (nSPS) is 31.6. The van der Waals surface area contributed by atoms with Gasteiger partial charge in [0.25, 0.3) is 11.7 Å². The number of nitrogens with one attached hydrogen (secondary N) is 1. The molecule has 0 aliphatic carbocycles. The number of hydrazone groups is 1. The Morgan fingerprint density at radius 1 is 0.926 bits per heavy atom. The van der Waals surface area contributed by atoms with Crippen LogP contribution < -0.4 is 10.1 Å². The molecule has 3 aromatic rings. The van der Waals surface area contributed by atoms with Crippen LogP contribution in [0.3, 0.4) is 0 Å². The molecule has 3 aromatic carbocycles. The third-order valence-electron chi connectivity index (χ3n) is 13.6. The lowest BCUT2D eigenvalue weighted by molar-refractivity contribution is -0.160. The van der Waals surface area contributed by atoms with E-state index >= 15 is 0 Å². The second-order valence-corrected chi connectivity index (χ2v) is 19.2. The molecule has 5 bridgehead atoms. The van der Waals surface area contributed by atoms with Gasteiger partial charge in [0.2, 0.25) is 0 Å². The van der Waals surface area contributed by atoms with Gasteiger partial charge in [-0.25, -0.2) is 0 Å². The summed E-state index contributed by atoms with van der Waals surface area (Å²) in [5.74, 6) is -8.54. The van der Waals surface area contributed by atoms with E-state index < -0.39 is 88.8 Å². The van der Waals surface area contributed by atoms with Crippen LogP contribution in [0, 0.1) is 30.6 Å². The third-order valence-corrected chi connectivity index (χ3v) is 13.9. The van der Waals surface area contributed by atoms with Crippen LogP contribution in [0.2, 0.25) is 5.02 Å². The number of esters is 1. The number of carbonyl (C=O) groups is 3. The largest absolute Gasteiger partial charge is 0.507 e. The number of benzene rings is 3. The Labute approximate surface area is 402 Å². The van der Waals surface area contributed by atoms with Gasteiger partial charge in [-0.15, -0.1) is 0 Å². The number of methoxy groups -OCH3 is 1. The second-order valence-electron chi connectivity index (χ2n) is 18.8. The van der Waals surface area contributed by atoms with Gasteiger partial charge >= 0.3 is 11.8 Å². The van der Waals surface area contributed by atoms with Crippen molar-refractivity contribution in [1.29, 1.82) is 0 Å². The summed E-state index contributed by atoms with van der Waals surface area (Å²) >= 11 is 6.12. The van der Waals surface area contributed by atoms with Gasteiger partial charge in [-0.3, -0.25) is 24.3 Å². The predicted molar refractivity (Wildman–Crippen MR) is 259 cm³/mol. The maximum Gasteiger partial charge on any atom is 0.312 e. The highest BCUT2D eigenvalue weighted by Crippen LogP contribution is 2.55. The lowest BCUT2D eigenvalue weighted by atomic mass is 9.78. The first-order valence-corrected chi connectivity index (χ1v) is 23.3. The van der Waals surface area contributed by atoms with Crippen LogP contribution in [-0.2, 0) is 30.3 Å². The SMILES string of the molecule is COC1/C=C/OC2(C)Oc3c(C)c(O)c4c(O)c(c(C=NN5C(C)CN(Cc6ccc(Cl)cc6)CC5C)c(O)c4c3C2=O)NC(=O)/C(C)=C/C=C/C(C)C(O)C(C)C(O)C(C)C(OC(C)=O)C1C. The van der Waals surface area contributed by atoms with Crippen molar-refractivity contribution in [2.45, 2.75) is 118 Å². The maximum atomic E-state index is 14.7. The number of aromatic hydroxyl groups is 3. The fourth-order valence-electron chi connectivity index (χ4n) is 9.63. The molecule has 17 heteroatoms. The lowest BCUT2D eigenvalue weighted by Crippen LogP contribution is -2.54. The number of anilines is 1. The number of phenols is 3. The number of nitrogens with zero attached hydrogens (tertiary/aromatic N) is 3. The van der Waals surface area contributed by atoms with Gasteiger partial charge in [0.15, 0.2) is 5.75 Å². The van der Waals surface area contributed by atoms with Crippen LogP contribution in [0.1, 0.15) is 89.4 Å². The van der Waals surface area contributed by atoms with Gasteiger partial charge in [0, 0.05) is 85.8 Å². The number of rotatable bonds is 6. The highest BCUT2D eigenvalue weighted by molar-refractivity contribution is 6.30. The van der Waals surface area contributed by atoms with Crippen molar-refractivity contribution in [3.8, 4) is 23.0 Å². The number of phenolic OH excluding ortho intramolecular Hbond substituents is 3. The summed E-state index contributed by atoms with van der Waals surface area (Å²) in [6.45, 7) is 18.5. The van der Waals surface area contributed by atoms with Crippen molar-refractivity contribution in [2.75, 3.05) is 25.5 Å². The molecule has 4 aliphatic rings. The summed E-state index contributed by atoms with van der Waals surface area (Å²) < 4.78 is 23.8. The number of hydrogen-bond donors (Lipinski definition) is 6. The molecule has 368 valence electrons. The van der Waals surface area contributed by atoms with E-state index in [9.17, 15) is 39.9 Å². The van der Waals surface area contributed by atoms with Gasteiger partial charge in [0.05, 0.1) is 65.1 Å². The van der Waals surface area contributed by atoms with Crippen molar-refractivity contribution < 1.29 is 58.9 Å². The highest BCUT2D eigenvalue weighted by atomic mass is 35.5. The topological polar surface area (TPSA) is 220 Å². The molecular weight excluding hydrogens is 896 g/mol. The molecule has 0 aromatic heterocycles. The van der Waals surface area contributed by atoms with Crippen LogP contribution in [0.4, 0.5) is 5.69 Å². The minimum absolute atomic E-state index is 0.0436. The average molecular weight is 962 g/mol. The number of fused-ring (bicyclic) bond motifs is 14. The first-order chi connectivity index (χ1) is 32.0. The summed E-state index contributed by atoms with van der Waals surface area (Å²) in [6.07, 6.45) is 4.83. The average Bonchev–Trinajstić information content (AvgIpc) is 3.55. The lowest BCUT2D eigenvalue weighted by Gasteiger charge is -2.42. The summed E-state index contributed by atoms with van der Waals surface area (Å²) in [5.41, 5.74) is 0.664. The minimum atomic E-state index is -2.07. The van der Waals surface area contributed by atoms with Gasteiger partial charge in [0.1, 0.15) is 23.4 Å². The molecule has 0 radical (unpaired) electrons. The molecule has 7 rings (SSSR count). The Kier molecular flexibility index (Phi) is 15.9. The van der Waals surface area contributed by atoms with Crippen molar-refractivity contribution in [3.63, 3.8) is 0 Å². The number of carbonyl (C=O) groups excluding carboxylic acids is 3. The number of aliphatic hydroxyl groups is 2. The van der Waals surface area contributed by atoms with E-state index in [1.54, 1.807) is 39.8 Å². The van der Waals surface area contributed by atoms with Gasteiger partial charge in [-0.2, -0.15) is 5.10 Å². The molecule has 11 atom stereocenters. The van der Waals surface area contributed by atoms with Gasteiger partial charge in [-0.05, 0) is 51.5 Å². The van der Waals surface area contributed by atoms with E-state index in [0.717, 1.165) is 5.56 Å². The van der Waals surface area contributed by atoms with E-state index in [1.165, 1.54) is 59.4 Å². The van der Waals surface area contributed by atoms with Crippen LogP contribution in [0.25, 0.3) is 10.8 Å². The Morgan fingerprint density at radius 3 is 2.19 bits per heavy atom. The number of allylic oxidation sites excluding steroid dienone is 2. The van der Waals surface area contributed by atoms with Crippen molar-refractivity contribution >= 4 is 51.9 Å². The van der Waals surface area contributed by atoms with E-state index in [0.29, 0.717) is 24.7 Å². The zero-order valence-electron chi connectivity index (χ0n) is 40.5. The Balaban J connectivity index is 1.48. The molecule has 4 aliphatic heterocycles. The van der Waals surface area contributed by atoms with E-state index in [1.807, 2.05) is 43.1 Å². The zero-order valence-corrected chi connectivity index (χ0v) is 41.2. The van der Waals surface area contributed by atoms with Crippen molar-refractivity contribution in [1.82, 2.24) is 9.91 Å². The van der Waals surface area contributed by atoms with Crippen LogP contribution in [-0.4, -0.2) is 122 Å². The van der Waals surface area contributed by atoms with E-state index in [-0.39, 0.29) is 56.6 Å². The number of amides is 1. The molecule has 16 nitrogen and oxygen atoms in total. The van der Waals surface area contributed by atoms with Crippen LogP contribution in [0.5, 0.6) is 23.0 Å². The predicted octanol–water partition coefficient (Wildman–Crippen LogP) is 7.34. The summed E-state index contributed by atoms with van der Waals surface area (Å²) in [6, 6.07) is 7.40. The number of ketones is 1. The second kappa shape index (κ2) is 20.9. The molecule has 4 heterocycles. The number of halogens is 1. The van der Waals surface area contributed by atoms with Crippen LogP contribution in [0.15, 0.2) is 65.5 Å². The number of piperazine rings is 1. The van der Waals surface area contributed by atoms with Crippen LogP contribution >= 0.6 is 11.6 Å². The molecule has 6 N–H and O–H groups in total. The molecule has 1 saturated heterocycles. The minimum Gasteiger partial charge on any atom is -0.507 e. The molecule has 1 fully saturated rings. The smallest absolute Gasteiger partial charge is 0.312 e. The molecule has 0 spiro atoms. The Hall–Kier alpha value is -5.65. The van der Waals surface area contributed by atoms with Gasteiger partial charge in [-0.1, -0.05) is 69.7 Å². The fraction of sp³-hybridized carbons (Fsp3) is 0.490. The zero-order chi connectivity index (χ0) is 50.1. The first-order valence-electron chi connectivity index (χ1n) is 22.9. The number of ether oxygens (including phenoxy) is 4. The summed E-state index contributed by atoms with van der Waals surface area (Å²) in [7, 11) is 1.44. The number of Topliss-reactive ketones (excluding diaryl/α,β-unsaturated/α-hetero) is 1. The molecule has 0 saturated carbocycles. The fourth-order valence-corrected chi connectivity index (χ4v) is 9.75. The number of aliphatic hydroxyl groups excluding tert-OH is 2. The number of hydrogen-bond acceptors (Lipinski definition) is 15. The first kappa shape index (κ1) is 51.7. The molecular formula is C51H65ClN4O12. The van der Waals surface area contributed by atoms with E-state index in [4.69, 9.17) is 35.6 Å². The molecule has 1 amide bonds.